The lowest BCUT2D eigenvalue weighted by molar-refractivity contribution is -0.116. The molecular weight excluding hydrogens is 280 g/mol. The molecule has 22 heavy (non-hydrogen) atoms. The fourth-order valence-electron chi connectivity index (χ4n) is 2.00. The van der Waals surface area contributed by atoms with Crippen LogP contribution < -0.4 is 10.6 Å². The molecule has 0 aliphatic heterocycles. The van der Waals surface area contributed by atoms with Crippen molar-refractivity contribution in [3.8, 4) is 0 Å². The Morgan fingerprint density at radius 2 is 1.95 bits per heavy atom. The minimum atomic E-state index is -0.311. The highest BCUT2D eigenvalue weighted by molar-refractivity contribution is 6.02. The Labute approximate surface area is 129 Å². The minimum Gasteiger partial charge on any atom is -0.348 e. The lowest BCUT2D eigenvalue weighted by atomic mass is 10.1. The van der Waals surface area contributed by atoms with Gasteiger partial charge in [0.05, 0.1) is 5.69 Å². The van der Waals surface area contributed by atoms with Gasteiger partial charge in [0.2, 0.25) is 5.91 Å². The van der Waals surface area contributed by atoms with E-state index in [-0.39, 0.29) is 23.6 Å². The summed E-state index contributed by atoms with van der Waals surface area (Å²) in [5.41, 5.74) is 1.69. The number of aryl methyl sites for hydroxylation is 1. The molecule has 0 atom stereocenters. The number of rotatable bonds is 6. The topological polar surface area (TPSA) is 86.9 Å². The molecule has 116 valence electrons. The van der Waals surface area contributed by atoms with Gasteiger partial charge in [0.1, 0.15) is 0 Å². The molecule has 6 heteroatoms. The van der Waals surface area contributed by atoms with Crippen molar-refractivity contribution in [2.75, 3.05) is 5.32 Å². The maximum Gasteiger partial charge on any atom is 0.274 e. The van der Waals surface area contributed by atoms with Crippen LogP contribution in [0.1, 0.15) is 36.3 Å². The molecule has 2 aromatic rings. The fourth-order valence-corrected chi connectivity index (χ4v) is 2.00. The predicted molar refractivity (Wildman–Crippen MR) is 84.6 cm³/mol. The molecule has 0 bridgehead atoms. The fraction of sp³-hybridized carbons (Fsp3) is 0.312. The first-order valence-electron chi connectivity index (χ1n) is 7.24. The monoisotopic (exact) mass is 300 g/mol. The van der Waals surface area contributed by atoms with Crippen LogP contribution in [-0.4, -0.2) is 28.1 Å². The van der Waals surface area contributed by atoms with Crippen LogP contribution in [0, 0.1) is 0 Å². The van der Waals surface area contributed by atoms with E-state index in [2.05, 4.69) is 20.8 Å². The molecule has 2 amide bonds. The standard InChI is InChI=1S/C16H20N4O2/c1-11(2)18-16(22)15-13(10-17-20-15)19-14(21)9-8-12-6-4-3-5-7-12/h3-7,10-11H,8-9H2,1-2H3,(H,17,20)(H,18,22)(H,19,21). The Morgan fingerprint density at radius 3 is 2.64 bits per heavy atom. The minimum absolute atomic E-state index is 0.00540. The van der Waals surface area contributed by atoms with E-state index in [1.165, 1.54) is 6.20 Å². The van der Waals surface area contributed by atoms with Crippen molar-refractivity contribution in [1.82, 2.24) is 15.5 Å². The average Bonchev–Trinajstić information content (AvgIpc) is 2.94. The first kappa shape index (κ1) is 15.8. The van der Waals surface area contributed by atoms with E-state index in [0.29, 0.717) is 18.5 Å². The number of aromatic amines is 1. The molecule has 0 radical (unpaired) electrons. The molecule has 3 N–H and O–H groups in total. The van der Waals surface area contributed by atoms with Gasteiger partial charge in [0, 0.05) is 18.7 Å². The van der Waals surface area contributed by atoms with Crippen molar-refractivity contribution in [2.24, 2.45) is 0 Å². The van der Waals surface area contributed by atoms with Gasteiger partial charge in [-0.3, -0.25) is 14.7 Å². The zero-order chi connectivity index (χ0) is 15.9. The highest BCUT2D eigenvalue weighted by Crippen LogP contribution is 2.13. The molecule has 0 saturated carbocycles. The van der Waals surface area contributed by atoms with Crippen LogP contribution in [0.2, 0.25) is 0 Å². The normalized spacial score (nSPS) is 10.5. The number of amides is 2. The van der Waals surface area contributed by atoms with Gasteiger partial charge < -0.3 is 10.6 Å². The van der Waals surface area contributed by atoms with Crippen molar-refractivity contribution in [2.45, 2.75) is 32.7 Å². The molecule has 1 aromatic carbocycles. The van der Waals surface area contributed by atoms with E-state index >= 15 is 0 Å². The van der Waals surface area contributed by atoms with Gasteiger partial charge in [0.15, 0.2) is 5.69 Å². The largest absolute Gasteiger partial charge is 0.348 e. The number of benzene rings is 1. The number of aromatic nitrogens is 2. The van der Waals surface area contributed by atoms with Gasteiger partial charge in [-0.25, -0.2) is 0 Å². The molecule has 1 heterocycles. The third-order valence-electron chi connectivity index (χ3n) is 3.03. The molecule has 0 saturated heterocycles. The van der Waals surface area contributed by atoms with E-state index in [0.717, 1.165) is 5.56 Å². The van der Waals surface area contributed by atoms with Gasteiger partial charge in [-0.2, -0.15) is 5.10 Å². The van der Waals surface area contributed by atoms with Crippen molar-refractivity contribution in [3.63, 3.8) is 0 Å². The molecule has 0 aliphatic rings. The van der Waals surface area contributed by atoms with Crippen LogP contribution >= 0.6 is 0 Å². The molecule has 2 rings (SSSR count). The molecule has 0 unspecified atom stereocenters. The Bertz CT molecular complexity index is 635. The Balaban J connectivity index is 1.92. The van der Waals surface area contributed by atoms with Crippen LogP contribution in [0.5, 0.6) is 0 Å². The van der Waals surface area contributed by atoms with Crippen LogP contribution in [0.25, 0.3) is 0 Å². The third kappa shape index (κ3) is 4.44. The van der Waals surface area contributed by atoms with Crippen molar-refractivity contribution >= 4 is 17.5 Å². The summed E-state index contributed by atoms with van der Waals surface area (Å²) in [7, 11) is 0. The number of hydrogen-bond acceptors (Lipinski definition) is 3. The first-order valence-corrected chi connectivity index (χ1v) is 7.24. The SMILES string of the molecule is CC(C)NC(=O)c1n[nH]cc1NC(=O)CCc1ccccc1. The summed E-state index contributed by atoms with van der Waals surface area (Å²) in [5, 5.41) is 12.0. The second-order valence-corrected chi connectivity index (χ2v) is 5.31. The highest BCUT2D eigenvalue weighted by Gasteiger charge is 2.17. The number of nitrogens with one attached hydrogen (secondary N) is 3. The summed E-state index contributed by atoms with van der Waals surface area (Å²) in [4.78, 5) is 23.9. The molecule has 0 fully saturated rings. The lowest BCUT2D eigenvalue weighted by Gasteiger charge is -2.08. The molecular formula is C16H20N4O2. The van der Waals surface area contributed by atoms with Gasteiger partial charge in [0.25, 0.3) is 5.91 Å². The number of hydrogen-bond donors (Lipinski definition) is 3. The number of carbonyl (C=O) groups excluding carboxylic acids is 2. The van der Waals surface area contributed by atoms with Crippen molar-refractivity contribution in [1.29, 1.82) is 0 Å². The number of H-pyrrole nitrogens is 1. The Morgan fingerprint density at radius 1 is 1.23 bits per heavy atom. The number of carbonyl (C=O) groups is 2. The average molecular weight is 300 g/mol. The maximum atomic E-state index is 12.0. The van der Waals surface area contributed by atoms with E-state index in [1.54, 1.807) is 0 Å². The predicted octanol–water partition coefficient (Wildman–Crippen LogP) is 2.12. The Kier molecular flexibility index (Phi) is 5.30. The van der Waals surface area contributed by atoms with E-state index in [4.69, 9.17) is 0 Å². The Hall–Kier alpha value is -2.63. The summed E-state index contributed by atoms with van der Waals surface area (Å²) in [6.07, 6.45) is 2.51. The summed E-state index contributed by atoms with van der Waals surface area (Å²) in [6.45, 7) is 3.73. The lowest BCUT2D eigenvalue weighted by Crippen LogP contribution is -2.31. The zero-order valence-corrected chi connectivity index (χ0v) is 12.7. The van der Waals surface area contributed by atoms with Crippen LogP contribution in [0.3, 0.4) is 0 Å². The summed E-state index contributed by atoms with van der Waals surface area (Å²) >= 11 is 0. The smallest absolute Gasteiger partial charge is 0.274 e. The summed E-state index contributed by atoms with van der Waals surface area (Å²) < 4.78 is 0. The van der Waals surface area contributed by atoms with Gasteiger partial charge in [-0.15, -0.1) is 0 Å². The second kappa shape index (κ2) is 7.40. The number of anilines is 1. The van der Waals surface area contributed by atoms with Crippen LogP contribution in [0.4, 0.5) is 5.69 Å². The van der Waals surface area contributed by atoms with Crippen LogP contribution in [0.15, 0.2) is 36.5 Å². The maximum absolute atomic E-state index is 12.0. The van der Waals surface area contributed by atoms with Gasteiger partial charge in [-0.1, -0.05) is 30.3 Å². The van der Waals surface area contributed by atoms with Crippen LogP contribution in [-0.2, 0) is 11.2 Å². The van der Waals surface area contributed by atoms with Crippen molar-refractivity contribution in [3.05, 3.63) is 47.8 Å². The quantitative estimate of drug-likeness (QED) is 0.763. The van der Waals surface area contributed by atoms with Gasteiger partial charge in [-0.05, 0) is 25.8 Å². The zero-order valence-electron chi connectivity index (χ0n) is 12.7. The number of nitrogens with zero attached hydrogens (tertiary/aromatic N) is 1. The molecule has 0 aliphatic carbocycles. The summed E-state index contributed by atoms with van der Waals surface area (Å²) in [5.74, 6) is -0.460. The van der Waals surface area contributed by atoms with Crippen molar-refractivity contribution < 1.29 is 9.59 Å². The van der Waals surface area contributed by atoms with E-state index < -0.39 is 0 Å². The van der Waals surface area contributed by atoms with Gasteiger partial charge >= 0.3 is 0 Å². The highest BCUT2D eigenvalue weighted by atomic mass is 16.2. The van der Waals surface area contributed by atoms with E-state index in [1.807, 2.05) is 44.2 Å². The molecule has 0 spiro atoms. The first-order chi connectivity index (χ1) is 10.6. The molecule has 1 aromatic heterocycles. The third-order valence-corrected chi connectivity index (χ3v) is 3.03. The summed E-state index contributed by atoms with van der Waals surface area (Å²) in [6, 6.07) is 9.79. The second-order valence-electron chi connectivity index (χ2n) is 5.31. The molecule has 6 nitrogen and oxygen atoms in total. The van der Waals surface area contributed by atoms with E-state index in [9.17, 15) is 9.59 Å².